The van der Waals surface area contributed by atoms with E-state index in [1.54, 1.807) is 7.11 Å². The molecule has 2 aromatic carbocycles. The maximum absolute atomic E-state index is 12.2. The van der Waals surface area contributed by atoms with Gasteiger partial charge in [-0.05, 0) is 42.0 Å². The first kappa shape index (κ1) is 21.9. The molecule has 6 nitrogen and oxygen atoms in total. The van der Waals surface area contributed by atoms with Crippen molar-refractivity contribution in [1.82, 2.24) is 9.80 Å². The van der Waals surface area contributed by atoms with E-state index in [9.17, 15) is 18.0 Å². The lowest BCUT2D eigenvalue weighted by Gasteiger charge is -2.34. The van der Waals surface area contributed by atoms with Gasteiger partial charge in [-0.25, -0.2) is 0 Å². The number of carbonyl (C=O) groups excluding carboxylic acids is 1. The minimum absolute atomic E-state index is 0.205. The number of ether oxygens (including phenoxy) is 2. The maximum atomic E-state index is 12.2. The number of methoxy groups -OCH3 is 1. The van der Waals surface area contributed by atoms with E-state index < -0.39 is 6.36 Å². The molecule has 0 spiro atoms. The van der Waals surface area contributed by atoms with E-state index in [0.29, 0.717) is 5.69 Å². The van der Waals surface area contributed by atoms with Gasteiger partial charge in [0.25, 0.3) is 0 Å². The normalized spacial score (nSPS) is 15.6. The molecule has 1 N–H and O–H groups in total. The van der Waals surface area contributed by atoms with Crippen molar-refractivity contribution >= 4 is 11.6 Å². The zero-order valence-corrected chi connectivity index (χ0v) is 16.6. The number of alkyl halides is 3. The summed E-state index contributed by atoms with van der Waals surface area (Å²) in [6.45, 7) is 4.31. The van der Waals surface area contributed by atoms with Crippen LogP contribution in [0.5, 0.6) is 11.5 Å². The zero-order chi connectivity index (χ0) is 21.6. The summed E-state index contributed by atoms with van der Waals surface area (Å²) in [6.07, 6.45) is -4.74. The second-order valence-corrected chi connectivity index (χ2v) is 7.02. The Morgan fingerprint density at radius 1 is 0.933 bits per heavy atom. The fourth-order valence-corrected chi connectivity index (χ4v) is 3.24. The predicted octanol–water partition coefficient (Wildman–Crippen LogP) is 3.35. The van der Waals surface area contributed by atoms with Gasteiger partial charge in [-0.1, -0.05) is 12.1 Å². The van der Waals surface area contributed by atoms with Crippen molar-refractivity contribution in [3.05, 3.63) is 54.1 Å². The average Bonchev–Trinajstić information content (AvgIpc) is 2.70. The minimum atomic E-state index is -4.74. The van der Waals surface area contributed by atoms with E-state index >= 15 is 0 Å². The molecule has 1 amide bonds. The van der Waals surface area contributed by atoms with Gasteiger partial charge in [0, 0.05) is 38.4 Å². The van der Waals surface area contributed by atoms with E-state index in [-0.39, 0.29) is 18.2 Å². The van der Waals surface area contributed by atoms with Crippen LogP contribution in [0.25, 0.3) is 0 Å². The van der Waals surface area contributed by atoms with Crippen LogP contribution in [0.15, 0.2) is 48.5 Å². The van der Waals surface area contributed by atoms with E-state index in [2.05, 4.69) is 19.9 Å². The highest BCUT2D eigenvalue weighted by molar-refractivity contribution is 5.92. The summed E-state index contributed by atoms with van der Waals surface area (Å²) in [4.78, 5) is 16.6. The molecule has 0 atom stereocenters. The van der Waals surface area contributed by atoms with Gasteiger partial charge in [-0.2, -0.15) is 0 Å². The molecule has 0 aliphatic carbocycles. The fraction of sp³-hybridized carbons (Fsp3) is 0.381. The number of rotatable bonds is 7. The maximum Gasteiger partial charge on any atom is 0.573 e. The SMILES string of the molecule is COc1ccc(CN2CCN(CC(=O)Nc3ccc(OC(F)(F)F)cc3)CC2)cc1. The van der Waals surface area contributed by atoms with Crippen LogP contribution in [-0.4, -0.2) is 61.9 Å². The van der Waals surface area contributed by atoms with Crippen LogP contribution in [0.3, 0.4) is 0 Å². The van der Waals surface area contributed by atoms with E-state index in [4.69, 9.17) is 4.74 Å². The van der Waals surface area contributed by atoms with Gasteiger partial charge >= 0.3 is 6.36 Å². The molecule has 0 aromatic heterocycles. The molecule has 1 heterocycles. The van der Waals surface area contributed by atoms with Crippen LogP contribution < -0.4 is 14.8 Å². The average molecular weight is 423 g/mol. The lowest BCUT2D eigenvalue weighted by molar-refractivity contribution is -0.274. The molecule has 0 bridgehead atoms. The van der Waals surface area contributed by atoms with Gasteiger partial charge < -0.3 is 14.8 Å². The zero-order valence-electron chi connectivity index (χ0n) is 16.6. The first-order chi connectivity index (χ1) is 14.3. The topological polar surface area (TPSA) is 54.0 Å². The van der Waals surface area contributed by atoms with Crippen molar-refractivity contribution in [2.24, 2.45) is 0 Å². The molecule has 9 heteroatoms. The van der Waals surface area contributed by atoms with Gasteiger partial charge in [0.05, 0.1) is 13.7 Å². The monoisotopic (exact) mass is 423 g/mol. The van der Waals surface area contributed by atoms with Crippen LogP contribution in [0.2, 0.25) is 0 Å². The summed E-state index contributed by atoms with van der Waals surface area (Å²) in [6, 6.07) is 13.1. The Labute approximate surface area is 173 Å². The van der Waals surface area contributed by atoms with E-state index in [1.807, 2.05) is 24.3 Å². The number of benzene rings is 2. The summed E-state index contributed by atoms with van der Waals surface area (Å²) in [7, 11) is 1.64. The molecule has 2 aromatic rings. The highest BCUT2D eigenvalue weighted by Crippen LogP contribution is 2.24. The molecule has 30 heavy (non-hydrogen) atoms. The van der Waals surface area contributed by atoms with Crippen molar-refractivity contribution in [3.63, 3.8) is 0 Å². The molecule has 1 fully saturated rings. The largest absolute Gasteiger partial charge is 0.573 e. The minimum Gasteiger partial charge on any atom is -0.497 e. The van der Waals surface area contributed by atoms with Gasteiger partial charge in [-0.15, -0.1) is 13.2 Å². The summed E-state index contributed by atoms with van der Waals surface area (Å²) in [5, 5.41) is 2.70. The Hall–Kier alpha value is -2.78. The van der Waals surface area contributed by atoms with Gasteiger partial charge in [0.2, 0.25) is 5.91 Å². The van der Waals surface area contributed by atoms with Gasteiger partial charge in [0.15, 0.2) is 0 Å². The Morgan fingerprint density at radius 3 is 2.07 bits per heavy atom. The van der Waals surface area contributed by atoms with Crippen molar-refractivity contribution in [3.8, 4) is 11.5 Å². The van der Waals surface area contributed by atoms with Crippen LogP contribution in [0.1, 0.15) is 5.56 Å². The number of hydrogen-bond donors (Lipinski definition) is 1. The molecule has 0 saturated carbocycles. The Balaban J connectivity index is 1.40. The summed E-state index contributed by atoms with van der Waals surface area (Å²) < 4.78 is 45.5. The molecule has 0 unspecified atom stereocenters. The molecular weight excluding hydrogens is 399 g/mol. The molecule has 162 valence electrons. The van der Waals surface area contributed by atoms with Gasteiger partial charge in [-0.3, -0.25) is 14.6 Å². The Bertz CT molecular complexity index is 818. The van der Waals surface area contributed by atoms with Gasteiger partial charge in [0.1, 0.15) is 11.5 Å². The number of anilines is 1. The molecule has 0 radical (unpaired) electrons. The number of piperazine rings is 1. The number of hydrogen-bond acceptors (Lipinski definition) is 5. The highest BCUT2D eigenvalue weighted by Gasteiger charge is 2.31. The first-order valence-electron chi connectivity index (χ1n) is 9.54. The molecule has 1 saturated heterocycles. The van der Waals surface area contributed by atoms with Crippen molar-refractivity contribution in [1.29, 1.82) is 0 Å². The second kappa shape index (κ2) is 9.82. The molecule has 1 aliphatic heterocycles. The number of carbonyl (C=O) groups is 1. The fourth-order valence-electron chi connectivity index (χ4n) is 3.24. The highest BCUT2D eigenvalue weighted by atomic mass is 19.4. The lowest BCUT2D eigenvalue weighted by Crippen LogP contribution is -2.48. The van der Waals surface area contributed by atoms with Crippen LogP contribution in [-0.2, 0) is 11.3 Å². The summed E-state index contributed by atoms with van der Waals surface area (Å²) in [5.41, 5.74) is 1.63. The number of nitrogens with one attached hydrogen (secondary N) is 1. The van der Waals surface area contributed by atoms with Crippen molar-refractivity contribution in [2.45, 2.75) is 12.9 Å². The van der Waals surface area contributed by atoms with Crippen molar-refractivity contribution in [2.75, 3.05) is 45.2 Å². The number of amides is 1. The quantitative estimate of drug-likeness (QED) is 0.740. The molecule has 3 rings (SSSR count). The first-order valence-corrected chi connectivity index (χ1v) is 9.54. The third-order valence-corrected chi connectivity index (χ3v) is 4.77. The van der Waals surface area contributed by atoms with E-state index in [0.717, 1.165) is 38.5 Å². The summed E-state index contributed by atoms with van der Waals surface area (Å²) >= 11 is 0. The van der Waals surface area contributed by atoms with Crippen LogP contribution in [0.4, 0.5) is 18.9 Å². The van der Waals surface area contributed by atoms with Crippen molar-refractivity contribution < 1.29 is 27.4 Å². The standard InChI is InChI=1S/C21H24F3N3O3/c1-29-18-6-2-16(3-7-18)14-26-10-12-27(13-11-26)15-20(28)25-17-4-8-19(9-5-17)30-21(22,23)24/h2-9H,10-15H2,1H3,(H,25,28). The van der Waals surface area contributed by atoms with E-state index in [1.165, 1.54) is 29.8 Å². The predicted molar refractivity (Wildman–Crippen MR) is 106 cm³/mol. The molecule has 1 aliphatic rings. The summed E-state index contributed by atoms with van der Waals surface area (Å²) in [5.74, 6) is 0.300. The van der Waals surface area contributed by atoms with Crippen LogP contribution in [0, 0.1) is 0 Å². The second-order valence-electron chi connectivity index (χ2n) is 7.02. The third kappa shape index (κ3) is 6.93. The smallest absolute Gasteiger partial charge is 0.497 e. The number of halogens is 3. The number of nitrogens with zero attached hydrogens (tertiary/aromatic N) is 2. The van der Waals surface area contributed by atoms with Crippen LogP contribution >= 0.6 is 0 Å². The Morgan fingerprint density at radius 2 is 1.50 bits per heavy atom. The molecular formula is C21H24F3N3O3. The third-order valence-electron chi connectivity index (χ3n) is 4.77. The Kier molecular flexibility index (Phi) is 7.17. The lowest BCUT2D eigenvalue weighted by atomic mass is 10.2.